The van der Waals surface area contributed by atoms with E-state index in [2.05, 4.69) is 43.8 Å². The maximum absolute atomic E-state index is 5.39. The van der Waals surface area contributed by atoms with E-state index in [0.29, 0.717) is 0 Å². The zero-order valence-electron chi connectivity index (χ0n) is 12.9. The number of hydrogen-bond donors (Lipinski definition) is 0. The lowest BCUT2D eigenvalue weighted by molar-refractivity contribution is 0.128. The van der Waals surface area contributed by atoms with Gasteiger partial charge < -0.3 is 9.30 Å². The fourth-order valence-corrected chi connectivity index (χ4v) is 3.73. The van der Waals surface area contributed by atoms with Crippen molar-refractivity contribution < 1.29 is 4.74 Å². The third-order valence-corrected chi connectivity index (χ3v) is 5.02. The molecule has 4 rings (SSSR count). The van der Waals surface area contributed by atoms with E-state index in [-0.39, 0.29) is 6.04 Å². The van der Waals surface area contributed by atoms with E-state index in [1.165, 1.54) is 5.56 Å². The molecule has 1 aliphatic heterocycles. The van der Waals surface area contributed by atoms with Crippen LogP contribution in [0.4, 0.5) is 0 Å². The second kappa shape index (κ2) is 6.14. The van der Waals surface area contributed by atoms with Crippen molar-refractivity contribution in [3.8, 4) is 5.75 Å². The highest BCUT2D eigenvalue weighted by Crippen LogP contribution is 2.32. The summed E-state index contributed by atoms with van der Waals surface area (Å²) in [6.07, 6.45) is 5.81. The zero-order valence-corrected chi connectivity index (χ0v) is 13.7. The van der Waals surface area contributed by atoms with E-state index in [0.717, 1.165) is 36.2 Å². The molecule has 1 aromatic carbocycles. The molecule has 0 amide bonds. The minimum atomic E-state index is 0.288. The Balaban J connectivity index is 1.68. The molecule has 1 aliphatic rings. The molecule has 0 saturated carbocycles. The zero-order chi connectivity index (χ0) is 15.6. The third kappa shape index (κ3) is 2.87. The summed E-state index contributed by atoms with van der Waals surface area (Å²) in [5, 5.41) is 3.17. The van der Waals surface area contributed by atoms with Crippen LogP contribution in [0.25, 0.3) is 0 Å². The minimum Gasteiger partial charge on any atom is -0.497 e. The monoisotopic (exact) mass is 326 g/mol. The average Bonchev–Trinajstić information content (AvgIpc) is 3.25. The minimum absolute atomic E-state index is 0.288. The van der Waals surface area contributed by atoms with Crippen LogP contribution in [0.3, 0.4) is 0 Å². The lowest BCUT2D eigenvalue weighted by Gasteiger charge is -2.36. The lowest BCUT2D eigenvalue weighted by atomic mass is 10.0. The first kappa shape index (κ1) is 14.4. The van der Waals surface area contributed by atoms with Crippen molar-refractivity contribution in [3.05, 3.63) is 64.6 Å². The van der Waals surface area contributed by atoms with E-state index in [1.807, 2.05) is 23.8 Å². The molecule has 6 heteroatoms. The number of thiazole rings is 1. The second-order valence-corrected chi connectivity index (χ2v) is 6.60. The Morgan fingerprint density at radius 1 is 1.30 bits per heavy atom. The molecule has 0 fully saturated rings. The highest BCUT2D eigenvalue weighted by Gasteiger charge is 2.28. The molecule has 0 radical (unpaired) electrons. The van der Waals surface area contributed by atoms with E-state index < -0.39 is 0 Å². The highest BCUT2D eigenvalue weighted by atomic mass is 32.1. The standard InChI is InChI=1S/C17H18N4OS/c1-22-14-4-2-3-13(9-14)15-10-20-7-5-18-16(20)11-21(15)12-17-19-6-8-23-17/h2-9,15H,10-12H2,1H3/t15-/m0/s1. The van der Waals surface area contributed by atoms with E-state index in [1.54, 1.807) is 18.4 Å². The molecule has 0 saturated heterocycles. The first-order valence-electron chi connectivity index (χ1n) is 7.60. The molecule has 5 nitrogen and oxygen atoms in total. The van der Waals surface area contributed by atoms with Gasteiger partial charge >= 0.3 is 0 Å². The lowest BCUT2D eigenvalue weighted by Crippen LogP contribution is -2.36. The van der Waals surface area contributed by atoms with Crippen LogP contribution in [-0.2, 0) is 19.6 Å². The van der Waals surface area contributed by atoms with Crippen molar-refractivity contribution in [2.24, 2.45) is 0 Å². The van der Waals surface area contributed by atoms with Crippen LogP contribution in [0, 0.1) is 0 Å². The molecule has 1 atom stereocenters. The van der Waals surface area contributed by atoms with Gasteiger partial charge in [0.15, 0.2) is 0 Å². The summed E-state index contributed by atoms with van der Waals surface area (Å²) in [4.78, 5) is 11.4. The predicted molar refractivity (Wildman–Crippen MR) is 89.3 cm³/mol. The summed E-state index contributed by atoms with van der Waals surface area (Å²) in [6, 6.07) is 8.63. The summed E-state index contributed by atoms with van der Waals surface area (Å²) in [7, 11) is 1.71. The highest BCUT2D eigenvalue weighted by molar-refractivity contribution is 7.09. The molecular formula is C17H18N4OS. The summed E-state index contributed by atoms with van der Waals surface area (Å²) in [6.45, 7) is 2.56. The summed E-state index contributed by atoms with van der Waals surface area (Å²) < 4.78 is 7.63. The number of nitrogens with zero attached hydrogens (tertiary/aromatic N) is 4. The van der Waals surface area contributed by atoms with Crippen molar-refractivity contribution in [1.29, 1.82) is 0 Å². The van der Waals surface area contributed by atoms with Gasteiger partial charge in [-0.05, 0) is 17.7 Å². The van der Waals surface area contributed by atoms with Gasteiger partial charge in [-0.15, -0.1) is 11.3 Å². The number of ether oxygens (including phenoxy) is 1. The van der Waals surface area contributed by atoms with Gasteiger partial charge in [-0.1, -0.05) is 12.1 Å². The summed E-state index contributed by atoms with van der Waals surface area (Å²) in [5.41, 5.74) is 1.26. The maximum atomic E-state index is 5.39. The van der Waals surface area contributed by atoms with Gasteiger partial charge in [0.1, 0.15) is 16.6 Å². The molecule has 23 heavy (non-hydrogen) atoms. The largest absolute Gasteiger partial charge is 0.497 e. The number of hydrogen-bond acceptors (Lipinski definition) is 5. The fraction of sp³-hybridized carbons (Fsp3) is 0.294. The molecule has 3 heterocycles. The molecule has 2 aromatic heterocycles. The predicted octanol–water partition coefficient (Wildman–Crippen LogP) is 3.11. The Kier molecular flexibility index (Phi) is 3.85. The third-order valence-electron chi connectivity index (χ3n) is 4.26. The number of methoxy groups -OCH3 is 1. The average molecular weight is 326 g/mol. The number of rotatable bonds is 4. The SMILES string of the molecule is COc1cccc([C@@H]2Cn3ccnc3CN2Cc2nccs2)c1. The Morgan fingerprint density at radius 2 is 2.26 bits per heavy atom. The van der Waals surface area contributed by atoms with Crippen LogP contribution in [0.15, 0.2) is 48.2 Å². The van der Waals surface area contributed by atoms with Crippen LogP contribution in [-0.4, -0.2) is 26.5 Å². The van der Waals surface area contributed by atoms with Gasteiger partial charge in [0.2, 0.25) is 0 Å². The normalized spacial score (nSPS) is 17.9. The second-order valence-electron chi connectivity index (χ2n) is 5.62. The van der Waals surface area contributed by atoms with Crippen molar-refractivity contribution in [2.75, 3.05) is 7.11 Å². The maximum Gasteiger partial charge on any atom is 0.122 e. The fourth-order valence-electron chi connectivity index (χ4n) is 3.09. The Morgan fingerprint density at radius 3 is 3.09 bits per heavy atom. The topological polar surface area (TPSA) is 43.2 Å². The van der Waals surface area contributed by atoms with Crippen molar-refractivity contribution >= 4 is 11.3 Å². The van der Waals surface area contributed by atoms with Crippen LogP contribution in [0.5, 0.6) is 5.75 Å². The number of aromatic nitrogens is 3. The van der Waals surface area contributed by atoms with Crippen LogP contribution in [0.2, 0.25) is 0 Å². The molecule has 0 bridgehead atoms. The van der Waals surface area contributed by atoms with Crippen LogP contribution >= 0.6 is 11.3 Å². The summed E-state index contributed by atoms with van der Waals surface area (Å²) in [5.74, 6) is 2.01. The number of benzene rings is 1. The molecule has 0 aliphatic carbocycles. The van der Waals surface area contributed by atoms with Crippen molar-refractivity contribution in [2.45, 2.75) is 25.7 Å². The van der Waals surface area contributed by atoms with Crippen LogP contribution in [0.1, 0.15) is 22.4 Å². The van der Waals surface area contributed by atoms with Gasteiger partial charge in [-0.25, -0.2) is 9.97 Å². The molecule has 0 N–H and O–H groups in total. The van der Waals surface area contributed by atoms with Gasteiger partial charge in [0, 0.05) is 30.5 Å². The first-order valence-corrected chi connectivity index (χ1v) is 8.48. The number of imidazole rings is 1. The van der Waals surface area contributed by atoms with Gasteiger partial charge in [0.05, 0.1) is 26.2 Å². The molecular weight excluding hydrogens is 308 g/mol. The number of fused-ring (bicyclic) bond motifs is 1. The molecule has 3 aromatic rings. The molecule has 0 unspecified atom stereocenters. The van der Waals surface area contributed by atoms with E-state index >= 15 is 0 Å². The Labute approximate surface area is 139 Å². The first-order chi connectivity index (χ1) is 11.3. The molecule has 118 valence electrons. The Bertz CT molecular complexity index is 784. The molecule has 0 spiro atoms. The smallest absolute Gasteiger partial charge is 0.122 e. The Hall–Kier alpha value is -2.18. The van der Waals surface area contributed by atoms with E-state index in [4.69, 9.17) is 4.74 Å². The van der Waals surface area contributed by atoms with Gasteiger partial charge in [-0.3, -0.25) is 4.90 Å². The van der Waals surface area contributed by atoms with Crippen molar-refractivity contribution in [3.63, 3.8) is 0 Å². The van der Waals surface area contributed by atoms with Gasteiger partial charge in [0.25, 0.3) is 0 Å². The quantitative estimate of drug-likeness (QED) is 0.739. The van der Waals surface area contributed by atoms with Crippen LogP contribution < -0.4 is 4.74 Å². The summed E-state index contributed by atoms with van der Waals surface area (Å²) >= 11 is 1.70. The van der Waals surface area contributed by atoms with E-state index in [9.17, 15) is 0 Å². The van der Waals surface area contributed by atoms with Gasteiger partial charge in [-0.2, -0.15) is 0 Å². The van der Waals surface area contributed by atoms with Crippen molar-refractivity contribution in [1.82, 2.24) is 19.4 Å².